The number of benzene rings is 1. The van der Waals surface area contributed by atoms with Crippen molar-refractivity contribution in [3.8, 4) is 11.4 Å². The second-order valence-electron chi connectivity index (χ2n) is 4.70. The van der Waals surface area contributed by atoms with Crippen molar-refractivity contribution in [2.24, 2.45) is 0 Å². The van der Waals surface area contributed by atoms with Gasteiger partial charge in [-0.1, -0.05) is 24.6 Å². The van der Waals surface area contributed by atoms with Crippen LogP contribution in [0, 0.1) is 20.8 Å². The molecule has 0 spiro atoms. The van der Waals surface area contributed by atoms with Crippen LogP contribution in [-0.2, 0) is 6.42 Å². The van der Waals surface area contributed by atoms with Crippen LogP contribution in [0.5, 0.6) is 0 Å². The summed E-state index contributed by atoms with van der Waals surface area (Å²) in [7, 11) is 0. The van der Waals surface area contributed by atoms with E-state index in [1.807, 2.05) is 0 Å². The van der Waals surface area contributed by atoms with Crippen LogP contribution in [0.25, 0.3) is 11.4 Å². The molecule has 1 aromatic carbocycles. The molecule has 2 nitrogen and oxygen atoms in total. The van der Waals surface area contributed by atoms with E-state index in [-0.39, 0.29) is 0 Å². The lowest BCUT2D eigenvalue weighted by molar-refractivity contribution is 0.989. The Bertz CT molecular complexity index is 639. The van der Waals surface area contributed by atoms with Crippen molar-refractivity contribution in [3.05, 3.63) is 44.1 Å². The molecule has 0 aliphatic heterocycles. The zero-order valence-electron chi connectivity index (χ0n) is 11.5. The maximum Gasteiger partial charge on any atom is 0.161 e. The number of hydrogen-bond donors (Lipinski definition) is 0. The summed E-state index contributed by atoms with van der Waals surface area (Å²) < 4.78 is 0.793. The predicted molar refractivity (Wildman–Crippen MR) is 83.8 cm³/mol. The van der Waals surface area contributed by atoms with E-state index in [0.29, 0.717) is 11.0 Å². The lowest BCUT2D eigenvalue weighted by Gasteiger charge is -2.11. The van der Waals surface area contributed by atoms with E-state index in [1.54, 1.807) is 0 Å². The monoisotopic (exact) mass is 338 g/mol. The Labute approximate surface area is 127 Å². The van der Waals surface area contributed by atoms with Gasteiger partial charge in [0.05, 0.1) is 10.2 Å². The topological polar surface area (TPSA) is 25.8 Å². The molecule has 0 aliphatic rings. The number of hydrogen-bond acceptors (Lipinski definition) is 2. The number of aromatic nitrogens is 2. The van der Waals surface area contributed by atoms with Gasteiger partial charge in [-0.05, 0) is 65.9 Å². The molecule has 0 radical (unpaired) electrons. The Hall–Kier alpha value is -0.930. The Morgan fingerprint density at radius 1 is 1.05 bits per heavy atom. The fourth-order valence-electron chi connectivity index (χ4n) is 2.02. The standard InChI is InChI=1S/C15H16BrClN2/c1-5-12-13(16)14(17)19-15(18-12)11-7-9(3)8(2)6-10(11)4/h6-7H,5H2,1-4H3. The van der Waals surface area contributed by atoms with Gasteiger partial charge < -0.3 is 0 Å². The highest BCUT2D eigenvalue weighted by Crippen LogP contribution is 2.29. The minimum absolute atomic E-state index is 0.472. The Morgan fingerprint density at radius 2 is 1.68 bits per heavy atom. The van der Waals surface area contributed by atoms with Crippen LogP contribution in [0.2, 0.25) is 5.15 Å². The summed E-state index contributed by atoms with van der Waals surface area (Å²) in [6.45, 7) is 8.34. The second-order valence-corrected chi connectivity index (χ2v) is 5.85. The molecule has 19 heavy (non-hydrogen) atoms. The Kier molecular flexibility index (Phi) is 4.26. The van der Waals surface area contributed by atoms with Crippen molar-refractivity contribution in [1.82, 2.24) is 9.97 Å². The van der Waals surface area contributed by atoms with Crippen LogP contribution >= 0.6 is 27.5 Å². The average molecular weight is 340 g/mol. The SMILES string of the molecule is CCc1nc(-c2cc(C)c(C)cc2C)nc(Cl)c1Br. The highest BCUT2D eigenvalue weighted by Gasteiger charge is 2.13. The molecular weight excluding hydrogens is 324 g/mol. The summed E-state index contributed by atoms with van der Waals surface area (Å²) >= 11 is 9.61. The van der Waals surface area contributed by atoms with Crippen LogP contribution in [0.1, 0.15) is 29.3 Å². The van der Waals surface area contributed by atoms with Crippen molar-refractivity contribution in [1.29, 1.82) is 0 Å². The van der Waals surface area contributed by atoms with Gasteiger partial charge in [-0.2, -0.15) is 0 Å². The molecule has 0 bridgehead atoms. The fourth-order valence-corrected chi connectivity index (χ4v) is 2.67. The molecule has 0 N–H and O–H groups in total. The molecule has 1 heterocycles. The van der Waals surface area contributed by atoms with Gasteiger partial charge in [0.25, 0.3) is 0 Å². The Balaban J connectivity index is 2.65. The van der Waals surface area contributed by atoms with Gasteiger partial charge in [-0.15, -0.1) is 0 Å². The summed E-state index contributed by atoms with van der Waals surface area (Å²) in [6.07, 6.45) is 0.819. The van der Waals surface area contributed by atoms with Gasteiger partial charge in [0.2, 0.25) is 0 Å². The van der Waals surface area contributed by atoms with E-state index in [0.717, 1.165) is 22.2 Å². The van der Waals surface area contributed by atoms with Crippen molar-refractivity contribution in [3.63, 3.8) is 0 Å². The van der Waals surface area contributed by atoms with Gasteiger partial charge in [0.15, 0.2) is 5.82 Å². The number of aryl methyl sites for hydroxylation is 4. The van der Waals surface area contributed by atoms with E-state index < -0.39 is 0 Å². The number of rotatable bonds is 2. The molecule has 0 fully saturated rings. The first kappa shape index (κ1) is 14.5. The molecule has 0 atom stereocenters. The molecule has 4 heteroatoms. The van der Waals surface area contributed by atoms with Crippen molar-refractivity contribution in [2.75, 3.05) is 0 Å². The van der Waals surface area contributed by atoms with Crippen molar-refractivity contribution < 1.29 is 0 Å². The molecule has 0 amide bonds. The predicted octanol–water partition coefficient (Wildman–Crippen LogP) is 5.05. The van der Waals surface area contributed by atoms with E-state index in [2.05, 4.69) is 65.7 Å². The summed E-state index contributed by atoms with van der Waals surface area (Å²) in [6, 6.07) is 4.29. The molecular formula is C15H16BrClN2. The highest BCUT2D eigenvalue weighted by atomic mass is 79.9. The maximum atomic E-state index is 6.17. The van der Waals surface area contributed by atoms with Crippen LogP contribution < -0.4 is 0 Å². The van der Waals surface area contributed by atoms with Gasteiger partial charge in [0.1, 0.15) is 5.15 Å². The minimum Gasteiger partial charge on any atom is -0.232 e. The van der Waals surface area contributed by atoms with E-state index in [9.17, 15) is 0 Å². The summed E-state index contributed by atoms with van der Waals surface area (Å²) in [5.41, 5.74) is 5.67. The third-order valence-corrected chi connectivity index (χ3v) is 4.63. The first-order chi connectivity index (χ1) is 8.93. The van der Waals surface area contributed by atoms with E-state index in [4.69, 9.17) is 11.6 Å². The van der Waals surface area contributed by atoms with Gasteiger partial charge in [-0.25, -0.2) is 9.97 Å². The van der Waals surface area contributed by atoms with Gasteiger partial charge in [-0.3, -0.25) is 0 Å². The van der Waals surface area contributed by atoms with Crippen LogP contribution in [0.3, 0.4) is 0 Å². The lowest BCUT2D eigenvalue weighted by atomic mass is 10.0. The van der Waals surface area contributed by atoms with Crippen molar-refractivity contribution >= 4 is 27.5 Å². The van der Waals surface area contributed by atoms with Crippen LogP contribution in [-0.4, -0.2) is 9.97 Å². The maximum absolute atomic E-state index is 6.17. The summed E-state index contributed by atoms with van der Waals surface area (Å²) in [5.74, 6) is 0.700. The molecule has 0 aliphatic carbocycles. The zero-order valence-corrected chi connectivity index (χ0v) is 13.9. The first-order valence-electron chi connectivity index (χ1n) is 6.24. The molecule has 2 aromatic rings. The molecule has 0 unspecified atom stereocenters. The number of halogens is 2. The van der Waals surface area contributed by atoms with Gasteiger partial charge in [0, 0.05) is 5.56 Å². The van der Waals surface area contributed by atoms with E-state index in [1.165, 1.54) is 16.7 Å². The smallest absolute Gasteiger partial charge is 0.161 e. The van der Waals surface area contributed by atoms with Gasteiger partial charge >= 0.3 is 0 Å². The normalized spacial score (nSPS) is 10.8. The Morgan fingerprint density at radius 3 is 2.32 bits per heavy atom. The first-order valence-corrected chi connectivity index (χ1v) is 7.41. The summed E-state index contributed by atoms with van der Waals surface area (Å²) in [4.78, 5) is 9.00. The van der Waals surface area contributed by atoms with Crippen molar-refractivity contribution in [2.45, 2.75) is 34.1 Å². The largest absolute Gasteiger partial charge is 0.232 e. The quantitative estimate of drug-likeness (QED) is 0.716. The molecule has 100 valence electrons. The number of nitrogens with zero attached hydrogens (tertiary/aromatic N) is 2. The third-order valence-electron chi connectivity index (χ3n) is 3.30. The second kappa shape index (κ2) is 5.59. The average Bonchev–Trinajstić information content (AvgIpc) is 2.37. The summed E-state index contributed by atoms with van der Waals surface area (Å²) in [5, 5.41) is 0.472. The molecule has 1 aromatic heterocycles. The minimum atomic E-state index is 0.472. The molecule has 2 rings (SSSR count). The van der Waals surface area contributed by atoms with Crippen LogP contribution in [0.15, 0.2) is 16.6 Å². The molecule has 0 saturated heterocycles. The highest BCUT2D eigenvalue weighted by molar-refractivity contribution is 9.10. The fraction of sp³-hybridized carbons (Fsp3) is 0.333. The lowest BCUT2D eigenvalue weighted by Crippen LogP contribution is -1.99. The van der Waals surface area contributed by atoms with E-state index >= 15 is 0 Å². The zero-order chi connectivity index (χ0) is 14.2. The molecule has 0 saturated carbocycles. The van der Waals surface area contributed by atoms with Crippen LogP contribution in [0.4, 0.5) is 0 Å². The third kappa shape index (κ3) is 2.82.